The molecule has 2 N–H and O–H groups in total. The molecular formula is C10H13N3O3S. The fraction of sp³-hybridized carbons (Fsp3) is 0.500. The number of carbonyl (C=O) groups is 2. The van der Waals surface area contributed by atoms with Crippen molar-refractivity contribution in [1.82, 2.24) is 10.3 Å². The van der Waals surface area contributed by atoms with Gasteiger partial charge in [-0.05, 0) is 0 Å². The molecule has 1 saturated heterocycles. The zero-order valence-electron chi connectivity index (χ0n) is 9.18. The second-order valence-electron chi connectivity index (χ2n) is 3.79. The van der Waals surface area contributed by atoms with Crippen LogP contribution < -0.4 is 10.2 Å². The van der Waals surface area contributed by atoms with Gasteiger partial charge in [0.2, 0.25) is 5.91 Å². The van der Waals surface area contributed by atoms with Crippen LogP contribution >= 0.6 is 11.3 Å². The van der Waals surface area contributed by atoms with Gasteiger partial charge in [0, 0.05) is 24.9 Å². The largest absolute Gasteiger partial charge is 0.481 e. The first-order chi connectivity index (χ1) is 8.15. The van der Waals surface area contributed by atoms with Gasteiger partial charge in [-0.2, -0.15) is 0 Å². The zero-order valence-corrected chi connectivity index (χ0v) is 10.00. The first-order valence-corrected chi connectivity index (χ1v) is 6.21. The Bertz CT molecular complexity index is 432. The minimum Gasteiger partial charge on any atom is -0.481 e. The molecule has 1 aromatic heterocycles. The van der Waals surface area contributed by atoms with Gasteiger partial charge in [0.25, 0.3) is 0 Å². The molecule has 2 rings (SSSR count). The molecule has 7 heteroatoms. The number of carboxylic acid groups (broad SMARTS) is 1. The lowest BCUT2D eigenvalue weighted by molar-refractivity contribution is -0.137. The molecule has 0 atom stereocenters. The first kappa shape index (κ1) is 11.8. The molecular weight excluding hydrogens is 242 g/mol. The minimum absolute atomic E-state index is 0.00136. The fourth-order valence-corrected chi connectivity index (χ4v) is 2.48. The van der Waals surface area contributed by atoms with E-state index in [-0.39, 0.29) is 12.3 Å². The summed E-state index contributed by atoms with van der Waals surface area (Å²) in [6.07, 6.45) is 0.523. The van der Waals surface area contributed by atoms with Crippen molar-refractivity contribution < 1.29 is 14.7 Å². The summed E-state index contributed by atoms with van der Waals surface area (Å²) in [5.74, 6) is -0.824. The van der Waals surface area contributed by atoms with Gasteiger partial charge in [0.05, 0.1) is 18.7 Å². The predicted octanol–water partition coefficient (Wildman–Crippen LogP) is 0.0965. The van der Waals surface area contributed by atoms with Crippen molar-refractivity contribution in [3.63, 3.8) is 0 Å². The molecule has 0 unspecified atom stereocenters. The molecule has 1 aromatic rings. The van der Waals surface area contributed by atoms with Crippen LogP contribution in [0.3, 0.4) is 0 Å². The molecule has 1 amide bonds. The number of aromatic nitrogens is 1. The molecule has 92 valence electrons. The van der Waals surface area contributed by atoms with E-state index in [1.165, 1.54) is 11.3 Å². The third kappa shape index (κ3) is 3.16. The van der Waals surface area contributed by atoms with Gasteiger partial charge < -0.3 is 15.3 Å². The summed E-state index contributed by atoms with van der Waals surface area (Å²) in [4.78, 5) is 27.9. The summed E-state index contributed by atoms with van der Waals surface area (Å²) in [6.45, 7) is 1.70. The maximum Gasteiger partial charge on any atom is 0.303 e. The molecule has 0 saturated carbocycles. The fourth-order valence-electron chi connectivity index (χ4n) is 1.59. The van der Waals surface area contributed by atoms with Crippen molar-refractivity contribution >= 4 is 28.3 Å². The Hall–Kier alpha value is -1.63. The van der Waals surface area contributed by atoms with Crippen molar-refractivity contribution in [2.45, 2.75) is 12.8 Å². The summed E-state index contributed by atoms with van der Waals surface area (Å²) in [7, 11) is 0. The predicted molar refractivity (Wildman–Crippen MR) is 63.3 cm³/mol. The Labute approximate surface area is 102 Å². The Morgan fingerprint density at radius 3 is 3.18 bits per heavy atom. The number of anilines is 1. The molecule has 0 aliphatic carbocycles. The number of thiazole rings is 1. The standard InChI is InChI=1S/C10H13N3O3S/c14-8-5-13(4-3-11-8)10-12-7(6-17-10)1-2-9(15)16/h6H,1-5H2,(H,11,14)(H,15,16). The van der Waals surface area contributed by atoms with Crippen molar-refractivity contribution in [3.8, 4) is 0 Å². The quantitative estimate of drug-likeness (QED) is 0.797. The van der Waals surface area contributed by atoms with Gasteiger partial charge >= 0.3 is 5.97 Å². The van der Waals surface area contributed by atoms with E-state index < -0.39 is 5.97 Å². The SMILES string of the molecule is O=C(O)CCc1csc(N2CCNC(=O)C2)n1. The Kier molecular flexibility index (Phi) is 3.58. The van der Waals surface area contributed by atoms with Crippen molar-refractivity contribution in [3.05, 3.63) is 11.1 Å². The van der Waals surface area contributed by atoms with E-state index in [0.717, 1.165) is 17.4 Å². The van der Waals surface area contributed by atoms with E-state index in [4.69, 9.17) is 5.11 Å². The second kappa shape index (κ2) is 5.13. The van der Waals surface area contributed by atoms with Gasteiger partial charge in [-0.1, -0.05) is 0 Å². The highest BCUT2D eigenvalue weighted by Crippen LogP contribution is 2.21. The molecule has 0 aromatic carbocycles. The first-order valence-electron chi connectivity index (χ1n) is 5.33. The smallest absolute Gasteiger partial charge is 0.303 e. The Morgan fingerprint density at radius 1 is 1.65 bits per heavy atom. The summed E-state index contributed by atoms with van der Waals surface area (Å²) in [5.41, 5.74) is 0.776. The number of aliphatic carboxylic acids is 1. The number of amides is 1. The van der Waals surface area contributed by atoms with E-state index in [1.54, 1.807) is 0 Å². The molecule has 1 fully saturated rings. The van der Waals surface area contributed by atoms with Crippen LogP contribution in [0.4, 0.5) is 5.13 Å². The lowest BCUT2D eigenvalue weighted by Gasteiger charge is -2.25. The number of rotatable bonds is 4. The minimum atomic E-state index is -0.822. The Morgan fingerprint density at radius 2 is 2.47 bits per heavy atom. The van der Waals surface area contributed by atoms with Gasteiger partial charge in [-0.15, -0.1) is 11.3 Å². The van der Waals surface area contributed by atoms with Gasteiger partial charge in [0.1, 0.15) is 0 Å². The Balaban J connectivity index is 1.97. The molecule has 0 spiro atoms. The molecule has 0 bridgehead atoms. The highest BCUT2D eigenvalue weighted by Gasteiger charge is 2.19. The molecule has 0 radical (unpaired) electrons. The normalized spacial score (nSPS) is 15.8. The van der Waals surface area contributed by atoms with Gasteiger partial charge in [-0.3, -0.25) is 9.59 Å². The number of carbonyl (C=O) groups excluding carboxylic acids is 1. The van der Waals surface area contributed by atoms with Gasteiger partial charge in [0.15, 0.2) is 5.13 Å². The van der Waals surface area contributed by atoms with Crippen LogP contribution in [0, 0.1) is 0 Å². The average Bonchev–Trinajstić information content (AvgIpc) is 2.75. The third-order valence-electron chi connectivity index (χ3n) is 2.44. The van der Waals surface area contributed by atoms with E-state index >= 15 is 0 Å². The zero-order chi connectivity index (χ0) is 12.3. The molecule has 6 nitrogen and oxygen atoms in total. The maximum atomic E-state index is 11.2. The van der Waals surface area contributed by atoms with E-state index in [9.17, 15) is 9.59 Å². The number of piperazine rings is 1. The van der Waals surface area contributed by atoms with Crippen LogP contribution in [-0.4, -0.2) is 41.6 Å². The lowest BCUT2D eigenvalue weighted by atomic mass is 10.2. The number of hydrogen-bond acceptors (Lipinski definition) is 5. The highest BCUT2D eigenvalue weighted by molar-refractivity contribution is 7.13. The summed E-state index contributed by atoms with van der Waals surface area (Å²) in [6, 6.07) is 0. The lowest BCUT2D eigenvalue weighted by Crippen LogP contribution is -2.47. The number of nitrogens with one attached hydrogen (secondary N) is 1. The summed E-state index contributed by atoms with van der Waals surface area (Å²) in [5, 5.41) is 14.0. The molecule has 1 aliphatic rings. The number of nitrogens with zero attached hydrogens (tertiary/aromatic N) is 2. The highest BCUT2D eigenvalue weighted by atomic mass is 32.1. The third-order valence-corrected chi connectivity index (χ3v) is 3.39. The van der Waals surface area contributed by atoms with Crippen LogP contribution in [0.15, 0.2) is 5.38 Å². The molecule has 1 aliphatic heterocycles. The van der Waals surface area contributed by atoms with Crippen molar-refractivity contribution in [1.29, 1.82) is 0 Å². The van der Waals surface area contributed by atoms with Crippen LogP contribution in [0.1, 0.15) is 12.1 Å². The van der Waals surface area contributed by atoms with Crippen LogP contribution in [0.2, 0.25) is 0 Å². The van der Waals surface area contributed by atoms with E-state index in [1.807, 2.05) is 10.3 Å². The van der Waals surface area contributed by atoms with Crippen LogP contribution in [-0.2, 0) is 16.0 Å². The van der Waals surface area contributed by atoms with E-state index in [0.29, 0.717) is 19.5 Å². The van der Waals surface area contributed by atoms with E-state index in [2.05, 4.69) is 10.3 Å². The average molecular weight is 255 g/mol. The molecule has 2 heterocycles. The van der Waals surface area contributed by atoms with Crippen molar-refractivity contribution in [2.75, 3.05) is 24.5 Å². The maximum absolute atomic E-state index is 11.2. The topological polar surface area (TPSA) is 82.5 Å². The van der Waals surface area contributed by atoms with Crippen molar-refractivity contribution in [2.24, 2.45) is 0 Å². The second-order valence-corrected chi connectivity index (χ2v) is 4.62. The van der Waals surface area contributed by atoms with Crippen LogP contribution in [0.5, 0.6) is 0 Å². The molecule has 17 heavy (non-hydrogen) atoms. The van der Waals surface area contributed by atoms with Crippen LogP contribution in [0.25, 0.3) is 0 Å². The van der Waals surface area contributed by atoms with Gasteiger partial charge in [-0.25, -0.2) is 4.98 Å². The number of aryl methyl sites for hydroxylation is 1. The summed E-state index contributed by atoms with van der Waals surface area (Å²) < 4.78 is 0. The number of carboxylic acids is 1. The monoisotopic (exact) mass is 255 g/mol. The summed E-state index contributed by atoms with van der Waals surface area (Å²) >= 11 is 1.45. The number of hydrogen-bond donors (Lipinski definition) is 2.